The summed E-state index contributed by atoms with van der Waals surface area (Å²) in [7, 11) is 2.20. The lowest BCUT2D eigenvalue weighted by atomic mass is 9.99. The summed E-state index contributed by atoms with van der Waals surface area (Å²) in [6.07, 6.45) is 4.12. The standard InChI is InChI=1S/C8H18N2.C8H17N/c1-3-4-10-7-5-9(2)6-8-10;1-3-9-6-4-8(2)5-7-9/h3-8H2,1-2H3;8H,3-7H2,1-2H3. The smallest absolute Gasteiger partial charge is 0.0110 e. The fraction of sp³-hybridized carbons (Fsp3) is 1.00. The Morgan fingerprint density at radius 2 is 1.42 bits per heavy atom. The molecule has 0 aromatic heterocycles. The number of rotatable bonds is 3. The van der Waals surface area contributed by atoms with Crippen molar-refractivity contribution in [3.63, 3.8) is 0 Å². The SMILES string of the molecule is CCCN1CCN(C)CC1.CCN1CCC(C)CC1. The Hall–Kier alpha value is -0.120. The van der Waals surface area contributed by atoms with E-state index in [0.717, 1.165) is 5.92 Å². The molecule has 0 bridgehead atoms. The van der Waals surface area contributed by atoms with Crippen LogP contribution >= 0.6 is 0 Å². The molecule has 114 valence electrons. The van der Waals surface area contributed by atoms with Crippen molar-refractivity contribution in [3.05, 3.63) is 0 Å². The van der Waals surface area contributed by atoms with E-state index in [1.165, 1.54) is 71.6 Å². The molecule has 2 heterocycles. The van der Waals surface area contributed by atoms with Crippen molar-refractivity contribution in [2.45, 2.75) is 40.0 Å². The molecule has 0 unspecified atom stereocenters. The van der Waals surface area contributed by atoms with Crippen LogP contribution in [0.15, 0.2) is 0 Å². The highest BCUT2D eigenvalue weighted by Crippen LogP contribution is 2.14. The van der Waals surface area contributed by atoms with Gasteiger partial charge in [0.1, 0.15) is 0 Å². The summed E-state index contributed by atoms with van der Waals surface area (Å²) in [5, 5.41) is 0. The van der Waals surface area contributed by atoms with Crippen LogP contribution in [0, 0.1) is 5.92 Å². The molecule has 2 rings (SSSR count). The lowest BCUT2D eigenvalue weighted by molar-refractivity contribution is 0.154. The Labute approximate surface area is 120 Å². The third-order valence-corrected chi connectivity index (χ3v) is 4.46. The molecule has 0 spiro atoms. The molecule has 0 radical (unpaired) electrons. The fourth-order valence-corrected chi connectivity index (χ4v) is 2.77. The zero-order valence-electron chi connectivity index (χ0n) is 13.7. The first kappa shape index (κ1) is 16.9. The number of likely N-dealkylation sites (tertiary alicyclic amines) is 1. The van der Waals surface area contributed by atoms with Gasteiger partial charge in [-0.05, 0) is 58.4 Å². The van der Waals surface area contributed by atoms with E-state index in [1.54, 1.807) is 0 Å². The Balaban J connectivity index is 0.000000191. The van der Waals surface area contributed by atoms with Crippen LogP contribution in [0.4, 0.5) is 0 Å². The monoisotopic (exact) mass is 269 g/mol. The summed E-state index contributed by atoms with van der Waals surface area (Å²) in [5.41, 5.74) is 0. The van der Waals surface area contributed by atoms with Crippen LogP contribution in [0.5, 0.6) is 0 Å². The summed E-state index contributed by atoms with van der Waals surface area (Å²) < 4.78 is 0. The van der Waals surface area contributed by atoms with Crippen LogP contribution < -0.4 is 0 Å². The Morgan fingerprint density at radius 1 is 0.842 bits per heavy atom. The van der Waals surface area contributed by atoms with Gasteiger partial charge in [0.05, 0.1) is 0 Å². The number of piperidine rings is 1. The van der Waals surface area contributed by atoms with Gasteiger partial charge in [-0.15, -0.1) is 0 Å². The maximum Gasteiger partial charge on any atom is 0.0110 e. The summed E-state index contributed by atoms with van der Waals surface area (Å²) >= 11 is 0. The number of nitrogens with zero attached hydrogens (tertiary/aromatic N) is 3. The summed E-state index contributed by atoms with van der Waals surface area (Å²) in [6, 6.07) is 0. The molecule has 2 aliphatic rings. The van der Waals surface area contributed by atoms with Gasteiger partial charge < -0.3 is 14.7 Å². The Morgan fingerprint density at radius 3 is 1.89 bits per heavy atom. The van der Waals surface area contributed by atoms with Crippen LogP contribution in [0.1, 0.15) is 40.0 Å². The van der Waals surface area contributed by atoms with Crippen LogP contribution in [-0.4, -0.2) is 74.1 Å². The molecule has 2 aliphatic heterocycles. The second-order valence-corrected chi connectivity index (χ2v) is 6.26. The molecule has 2 saturated heterocycles. The summed E-state index contributed by atoms with van der Waals surface area (Å²) in [4.78, 5) is 7.46. The van der Waals surface area contributed by atoms with Crippen molar-refractivity contribution in [2.24, 2.45) is 5.92 Å². The third kappa shape index (κ3) is 7.28. The highest BCUT2D eigenvalue weighted by molar-refractivity contribution is 4.68. The van der Waals surface area contributed by atoms with Crippen molar-refractivity contribution < 1.29 is 0 Å². The van der Waals surface area contributed by atoms with Crippen molar-refractivity contribution in [1.82, 2.24) is 14.7 Å². The van der Waals surface area contributed by atoms with Crippen molar-refractivity contribution in [1.29, 1.82) is 0 Å². The van der Waals surface area contributed by atoms with E-state index in [0.29, 0.717) is 0 Å². The molecule has 3 heteroatoms. The van der Waals surface area contributed by atoms with Gasteiger partial charge in [0.2, 0.25) is 0 Å². The quantitative estimate of drug-likeness (QED) is 0.779. The first-order chi connectivity index (χ1) is 9.15. The fourth-order valence-electron chi connectivity index (χ4n) is 2.77. The molecule has 3 nitrogen and oxygen atoms in total. The predicted molar refractivity (Wildman–Crippen MR) is 84.7 cm³/mol. The molecule has 19 heavy (non-hydrogen) atoms. The second-order valence-electron chi connectivity index (χ2n) is 6.26. The lowest BCUT2D eigenvalue weighted by Crippen LogP contribution is -2.44. The van der Waals surface area contributed by atoms with Crippen molar-refractivity contribution in [3.8, 4) is 0 Å². The van der Waals surface area contributed by atoms with E-state index in [9.17, 15) is 0 Å². The van der Waals surface area contributed by atoms with Crippen LogP contribution in [0.2, 0.25) is 0 Å². The minimum absolute atomic E-state index is 0.979. The molecule has 0 atom stereocenters. The number of hydrogen-bond donors (Lipinski definition) is 0. The van der Waals surface area contributed by atoms with E-state index in [2.05, 4.69) is 42.5 Å². The van der Waals surface area contributed by atoms with E-state index < -0.39 is 0 Å². The number of likely N-dealkylation sites (N-methyl/N-ethyl adjacent to an activating group) is 1. The van der Waals surface area contributed by atoms with E-state index in [-0.39, 0.29) is 0 Å². The first-order valence-electron chi connectivity index (χ1n) is 8.29. The minimum atomic E-state index is 0.979. The van der Waals surface area contributed by atoms with Gasteiger partial charge in [0.15, 0.2) is 0 Å². The first-order valence-corrected chi connectivity index (χ1v) is 8.29. The lowest BCUT2D eigenvalue weighted by Gasteiger charge is -2.31. The van der Waals surface area contributed by atoms with Gasteiger partial charge in [-0.2, -0.15) is 0 Å². The Bertz CT molecular complexity index is 204. The molecule has 0 aromatic rings. The van der Waals surface area contributed by atoms with E-state index in [4.69, 9.17) is 0 Å². The van der Waals surface area contributed by atoms with Crippen LogP contribution in [0.25, 0.3) is 0 Å². The van der Waals surface area contributed by atoms with E-state index in [1.807, 2.05) is 0 Å². The summed E-state index contributed by atoms with van der Waals surface area (Å²) in [5.74, 6) is 0.979. The van der Waals surface area contributed by atoms with E-state index >= 15 is 0 Å². The second kappa shape index (κ2) is 9.73. The normalized spacial score (nSPS) is 24.0. The van der Waals surface area contributed by atoms with Gasteiger partial charge in [-0.3, -0.25) is 0 Å². The Kier molecular flexibility index (Phi) is 8.67. The molecule has 0 aliphatic carbocycles. The van der Waals surface area contributed by atoms with Crippen molar-refractivity contribution in [2.75, 3.05) is 59.4 Å². The number of piperazine rings is 1. The molecule has 0 aromatic carbocycles. The number of hydrogen-bond acceptors (Lipinski definition) is 3. The molecule has 0 N–H and O–H groups in total. The zero-order chi connectivity index (χ0) is 14.1. The van der Waals surface area contributed by atoms with Gasteiger partial charge in [-0.25, -0.2) is 0 Å². The van der Waals surface area contributed by atoms with Crippen molar-refractivity contribution >= 4 is 0 Å². The molecular formula is C16H35N3. The van der Waals surface area contributed by atoms with Gasteiger partial charge in [0.25, 0.3) is 0 Å². The highest BCUT2D eigenvalue weighted by atomic mass is 15.2. The molecule has 2 fully saturated rings. The van der Waals surface area contributed by atoms with Crippen LogP contribution in [0.3, 0.4) is 0 Å². The highest BCUT2D eigenvalue weighted by Gasteiger charge is 2.13. The average Bonchev–Trinajstić information content (AvgIpc) is 2.43. The largest absolute Gasteiger partial charge is 0.304 e. The zero-order valence-corrected chi connectivity index (χ0v) is 13.7. The topological polar surface area (TPSA) is 9.72 Å². The van der Waals surface area contributed by atoms with Gasteiger partial charge in [0, 0.05) is 26.2 Å². The molecular weight excluding hydrogens is 234 g/mol. The molecule has 0 amide bonds. The van der Waals surface area contributed by atoms with Gasteiger partial charge >= 0.3 is 0 Å². The summed E-state index contributed by atoms with van der Waals surface area (Å²) in [6.45, 7) is 17.1. The minimum Gasteiger partial charge on any atom is -0.304 e. The predicted octanol–water partition coefficient (Wildman–Crippen LogP) is 2.38. The van der Waals surface area contributed by atoms with Gasteiger partial charge in [-0.1, -0.05) is 20.8 Å². The molecule has 0 saturated carbocycles. The maximum absolute atomic E-state index is 2.54. The maximum atomic E-state index is 2.54. The van der Waals surface area contributed by atoms with Crippen LogP contribution in [-0.2, 0) is 0 Å². The third-order valence-electron chi connectivity index (χ3n) is 4.46. The average molecular weight is 269 g/mol.